The summed E-state index contributed by atoms with van der Waals surface area (Å²) in [6.07, 6.45) is 8.84. The Kier molecular flexibility index (Phi) is 11.5. The molecule has 0 heterocycles. The van der Waals surface area contributed by atoms with Gasteiger partial charge in [-0.3, -0.25) is 4.52 Å². The summed E-state index contributed by atoms with van der Waals surface area (Å²) >= 11 is 0. The molecule has 2 N–H and O–H groups in total. The van der Waals surface area contributed by atoms with Gasteiger partial charge in [-0.1, -0.05) is 32.3 Å². The third-order valence-corrected chi connectivity index (χ3v) is 3.41. The van der Waals surface area contributed by atoms with Crippen molar-refractivity contribution in [1.82, 2.24) is 0 Å². The average Bonchev–Trinajstić information content (AvgIpc) is 2.38. The van der Waals surface area contributed by atoms with Gasteiger partial charge in [-0.2, -0.15) is 0 Å². The molecule has 1 unspecified atom stereocenters. The lowest BCUT2D eigenvalue weighted by Gasteiger charge is -2.16. The number of hydrogen-bond acceptors (Lipinski definition) is 4. The van der Waals surface area contributed by atoms with Gasteiger partial charge in [-0.05, 0) is 32.6 Å². The van der Waals surface area contributed by atoms with Gasteiger partial charge < -0.3 is 14.5 Å². The Morgan fingerprint density at radius 1 is 1.19 bits per heavy atom. The molecule has 124 valence electrons. The molecule has 0 aromatic rings. The highest BCUT2D eigenvalue weighted by molar-refractivity contribution is 7.46. The minimum absolute atomic E-state index is 0.0439. The van der Waals surface area contributed by atoms with Crippen molar-refractivity contribution in [1.29, 1.82) is 0 Å². The molecule has 0 aromatic heterocycles. The highest BCUT2D eigenvalue weighted by atomic mass is 31.2. The number of carbonyl (C=O) groups excluding carboxylic acids is 1. The lowest BCUT2D eigenvalue weighted by molar-refractivity contribution is -0.143. The summed E-state index contributed by atoms with van der Waals surface area (Å²) < 4.78 is 20.2. The molecule has 0 rings (SSSR count). The number of unbranched alkanes of at least 4 members (excludes halogenated alkanes) is 3. The monoisotopic (exact) mass is 322 g/mol. The first-order valence-corrected chi connectivity index (χ1v) is 8.95. The van der Waals surface area contributed by atoms with Gasteiger partial charge >= 0.3 is 13.8 Å². The molecule has 0 bridgehead atoms. The molecule has 0 aromatic carbocycles. The quantitative estimate of drug-likeness (QED) is 0.248. The van der Waals surface area contributed by atoms with E-state index in [9.17, 15) is 9.36 Å². The van der Waals surface area contributed by atoms with Crippen LogP contribution in [0.2, 0.25) is 0 Å². The Bertz CT molecular complexity index is 349. The van der Waals surface area contributed by atoms with Gasteiger partial charge in [0.05, 0.1) is 6.61 Å². The molecule has 0 aliphatic heterocycles. The number of carbonyl (C=O) groups is 1. The number of rotatable bonds is 12. The SMILES string of the molecule is CC=CC(=O)OC(CCCC)CCCCCOP(=O)(O)O. The van der Waals surface area contributed by atoms with Crippen LogP contribution in [0.4, 0.5) is 0 Å². The van der Waals surface area contributed by atoms with E-state index in [0.717, 1.165) is 38.5 Å². The maximum Gasteiger partial charge on any atom is 0.469 e. The number of phosphoric acid groups is 1. The molecule has 0 radical (unpaired) electrons. The summed E-state index contributed by atoms with van der Waals surface area (Å²) in [5.74, 6) is -0.316. The van der Waals surface area contributed by atoms with Crippen LogP contribution >= 0.6 is 7.82 Å². The van der Waals surface area contributed by atoms with Crippen LogP contribution in [-0.4, -0.2) is 28.5 Å². The van der Waals surface area contributed by atoms with Crippen LogP contribution in [-0.2, 0) is 18.6 Å². The van der Waals surface area contributed by atoms with E-state index in [4.69, 9.17) is 14.5 Å². The molecule has 0 saturated carbocycles. The lowest BCUT2D eigenvalue weighted by Crippen LogP contribution is -2.17. The zero-order valence-electron chi connectivity index (χ0n) is 12.9. The van der Waals surface area contributed by atoms with Gasteiger partial charge in [0.25, 0.3) is 0 Å². The normalized spacial score (nSPS) is 13.5. The van der Waals surface area contributed by atoms with E-state index in [-0.39, 0.29) is 18.7 Å². The van der Waals surface area contributed by atoms with Gasteiger partial charge in [0.2, 0.25) is 0 Å². The van der Waals surface area contributed by atoms with Crippen LogP contribution in [0.5, 0.6) is 0 Å². The van der Waals surface area contributed by atoms with Crippen molar-refractivity contribution < 1.29 is 28.4 Å². The first-order chi connectivity index (χ1) is 9.89. The maximum atomic E-state index is 11.4. The molecule has 0 amide bonds. The van der Waals surface area contributed by atoms with E-state index in [1.807, 2.05) is 0 Å². The largest absolute Gasteiger partial charge is 0.469 e. The number of hydrogen-bond donors (Lipinski definition) is 2. The summed E-state index contributed by atoms with van der Waals surface area (Å²) in [6.45, 7) is 3.90. The van der Waals surface area contributed by atoms with Crippen molar-refractivity contribution in [2.24, 2.45) is 0 Å². The highest BCUT2D eigenvalue weighted by Crippen LogP contribution is 2.35. The smallest absolute Gasteiger partial charge is 0.459 e. The maximum absolute atomic E-state index is 11.4. The summed E-state index contributed by atoms with van der Waals surface area (Å²) in [6, 6.07) is 0. The van der Waals surface area contributed by atoms with Crippen molar-refractivity contribution in [3.05, 3.63) is 12.2 Å². The number of allylic oxidation sites excluding steroid dienone is 1. The van der Waals surface area contributed by atoms with Gasteiger partial charge in [0.1, 0.15) is 6.10 Å². The average molecular weight is 322 g/mol. The van der Waals surface area contributed by atoms with Gasteiger partial charge in [-0.25, -0.2) is 9.36 Å². The zero-order chi connectivity index (χ0) is 16.1. The molecule has 0 fully saturated rings. The van der Waals surface area contributed by atoms with E-state index in [0.29, 0.717) is 6.42 Å². The molecular weight excluding hydrogens is 295 g/mol. The number of ether oxygens (including phenoxy) is 1. The summed E-state index contributed by atoms with van der Waals surface area (Å²) in [5, 5.41) is 0. The topological polar surface area (TPSA) is 93.1 Å². The van der Waals surface area contributed by atoms with Gasteiger partial charge in [0, 0.05) is 6.08 Å². The van der Waals surface area contributed by atoms with Crippen molar-refractivity contribution in [2.45, 2.75) is 64.9 Å². The molecule has 1 atom stereocenters. The first-order valence-electron chi connectivity index (χ1n) is 7.42. The standard InChI is InChI=1S/C14H27O6P/c1-3-5-10-13(20-14(15)9-4-2)11-7-6-8-12-19-21(16,17)18/h4,9,13H,3,5-8,10-12H2,1-2H3,(H2,16,17,18). The molecule has 0 saturated heterocycles. The summed E-state index contributed by atoms with van der Waals surface area (Å²) in [5.41, 5.74) is 0. The molecule has 6 nitrogen and oxygen atoms in total. The summed E-state index contributed by atoms with van der Waals surface area (Å²) in [7, 11) is -4.35. The van der Waals surface area contributed by atoms with Crippen LogP contribution in [0.3, 0.4) is 0 Å². The zero-order valence-corrected chi connectivity index (χ0v) is 13.8. The molecule has 0 aliphatic carbocycles. The fourth-order valence-corrected chi connectivity index (χ4v) is 2.23. The van der Waals surface area contributed by atoms with Crippen molar-refractivity contribution in [3.8, 4) is 0 Å². The highest BCUT2D eigenvalue weighted by Gasteiger charge is 2.14. The number of phosphoric ester groups is 1. The molecule has 0 spiro atoms. The van der Waals surface area contributed by atoms with E-state index in [1.54, 1.807) is 13.0 Å². The van der Waals surface area contributed by atoms with Crippen molar-refractivity contribution in [2.75, 3.05) is 6.61 Å². The minimum atomic E-state index is -4.35. The van der Waals surface area contributed by atoms with Gasteiger partial charge in [0.15, 0.2) is 0 Å². The number of esters is 1. The van der Waals surface area contributed by atoms with Crippen LogP contribution in [0.1, 0.15) is 58.8 Å². The lowest BCUT2D eigenvalue weighted by atomic mass is 10.1. The second-order valence-corrected chi connectivity index (χ2v) is 6.11. The molecule has 21 heavy (non-hydrogen) atoms. The van der Waals surface area contributed by atoms with E-state index >= 15 is 0 Å². The molecule has 0 aliphatic rings. The van der Waals surface area contributed by atoms with E-state index in [1.165, 1.54) is 6.08 Å². The Balaban J connectivity index is 3.90. The second-order valence-electron chi connectivity index (χ2n) is 4.87. The Morgan fingerprint density at radius 3 is 2.43 bits per heavy atom. The van der Waals surface area contributed by atoms with Crippen LogP contribution in [0, 0.1) is 0 Å². The predicted octanol–water partition coefficient (Wildman–Crippen LogP) is 3.33. The fourth-order valence-electron chi connectivity index (χ4n) is 1.87. The Labute approximate surface area is 126 Å². The summed E-state index contributed by atoms with van der Waals surface area (Å²) in [4.78, 5) is 28.5. The van der Waals surface area contributed by atoms with Crippen molar-refractivity contribution >= 4 is 13.8 Å². The first kappa shape index (κ1) is 20.3. The fraction of sp³-hybridized carbons (Fsp3) is 0.786. The Hall–Kier alpha value is -0.680. The minimum Gasteiger partial charge on any atom is -0.459 e. The molecule has 7 heteroatoms. The third kappa shape index (κ3) is 14.0. The van der Waals surface area contributed by atoms with Crippen LogP contribution in [0.25, 0.3) is 0 Å². The van der Waals surface area contributed by atoms with Crippen molar-refractivity contribution in [3.63, 3.8) is 0 Å². The predicted molar refractivity (Wildman–Crippen MR) is 80.7 cm³/mol. The van der Waals surface area contributed by atoms with E-state index in [2.05, 4.69) is 11.4 Å². The second kappa shape index (κ2) is 11.9. The molecular formula is C14H27O6P. The Morgan fingerprint density at radius 2 is 1.86 bits per heavy atom. The van der Waals surface area contributed by atoms with Crippen LogP contribution in [0.15, 0.2) is 12.2 Å². The third-order valence-electron chi connectivity index (χ3n) is 2.90. The van der Waals surface area contributed by atoms with E-state index < -0.39 is 7.82 Å². The van der Waals surface area contributed by atoms with Crippen LogP contribution < -0.4 is 0 Å². The van der Waals surface area contributed by atoms with Gasteiger partial charge in [-0.15, -0.1) is 0 Å².